The maximum atomic E-state index is 12.3. The fourth-order valence-electron chi connectivity index (χ4n) is 2.82. The van der Waals surface area contributed by atoms with Gasteiger partial charge in [0.1, 0.15) is 0 Å². The van der Waals surface area contributed by atoms with Gasteiger partial charge in [0.25, 0.3) is 0 Å². The van der Waals surface area contributed by atoms with Gasteiger partial charge in [0.05, 0.1) is 16.9 Å². The van der Waals surface area contributed by atoms with E-state index in [2.05, 4.69) is 5.32 Å². The van der Waals surface area contributed by atoms with Crippen LogP contribution < -0.4 is 11.1 Å². The van der Waals surface area contributed by atoms with Gasteiger partial charge in [-0.15, -0.1) is 11.3 Å². The fraction of sp³-hybridized carbons (Fsp3) is 0.600. The van der Waals surface area contributed by atoms with Crippen molar-refractivity contribution in [3.8, 4) is 0 Å². The third-order valence-corrected chi connectivity index (χ3v) is 5.24. The van der Waals surface area contributed by atoms with E-state index < -0.39 is 5.54 Å². The minimum absolute atomic E-state index is 0.0285. The van der Waals surface area contributed by atoms with Crippen LogP contribution in [0.4, 0.5) is 0 Å². The van der Waals surface area contributed by atoms with E-state index in [1.54, 1.807) is 11.3 Å². The molecule has 20 heavy (non-hydrogen) atoms. The van der Waals surface area contributed by atoms with Crippen molar-refractivity contribution >= 4 is 34.5 Å². The second kappa shape index (κ2) is 7.18. The fourth-order valence-corrected chi connectivity index (χ4v) is 3.78. The van der Waals surface area contributed by atoms with Crippen LogP contribution in [-0.4, -0.2) is 16.4 Å². The highest BCUT2D eigenvalue weighted by atomic mass is 32.1. The smallest absolute Gasteiger partial charge is 0.226 e. The zero-order valence-corrected chi connectivity index (χ0v) is 13.3. The van der Waals surface area contributed by atoms with Gasteiger partial charge < -0.3 is 11.1 Å². The van der Waals surface area contributed by atoms with E-state index in [0.29, 0.717) is 11.4 Å². The summed E-state index contributed by atoms with van der Waals surface area (Å²) in [5, 5.41) is 5.13. The molecule has 0 aliphatic heterocycles. The summed E-state index contributed by atoms with van der Waals surface area (Å²) in [6.45, 7) is 0. The van der Waals surface area contributed by atoms with Crippen LogP contribution in [0.1, 0.15) is 49.8 Å². The van der Waals surface area contributed by atoms with Gasteiger partial charge in [0, 0.05) is 4.88 Å². The number of nitrogens with two attached hydrogens (primary N) is 1. The number of hydrogen-bond acceptors (Lipinski definition) is 3. The first-order valence-corrected chi connectivity index (χ1v) is 8.54. The summed E-state index contributed by atoms with van der Waals surface area (Å²) in [5.41, 5.74) is 5.50. The lowest BCUT2D eigenvalue weighted by Gasteiger charge is -2.35. The largest absolute Gasteiger partial charge is 0.391 e. The van der Waals surface area contributed by atoms with Gasteiger partial charge in [-0.25, -0.2) is 0 Å². The molecule has 3 N–H and O–H groups in total. The van der Waals surface area contributed by atoms with E-state index in [-0.39, 0.29) is 5.91 Å². The summed E-state index contributed by atoms with van der Waals surface area (Å²) in [7, 11) is 0. The lowest BCUT2D eigenvalue weighted by atomic mass is 9.83. The summed E-state index contributed by atoms with van der Waals surface area (Å²) in [6, 6.07) is 3.95. The zero-order valence-electron chi connectivity index (χ0n) is 11.7. The molecular weight excluding hydrogens is 288 g/mol. The standard InChI is InChI=1S/C15H22N2OS2/c16-14(19)15(8-4-2-1-3-5-9-15)17-13(18)11-12-7-6-10-20-12/h6-7,10H,1-5,8-9,11H2,(H2,16,19)(H,17,18). The van der Waals surface area contributed by atoms with E-state index in [1.807, 2.05) is 17.5 Å². The molecule has 0 spiro atoms. The first kappa shape index (κ1) is 15.4. The Kier molecular flexibility index (Phi) is 5.54. The van der Waals surface area contributed by atoms with E-state index in [9.17, 15) is 4.79 Å². The van der Waals surface area contributed by atoms with Crippen LogP contribution >= 0.6 is 23.6 Å². The van der Waals surface area contributed by atoms with Gasteiger partial charge in [0.15, 0.2) is 0 Å². The maximum absolute atomic E-state index is 12.3. The molecule has 110 valence electrons. The van der Waals surface area contributed by atoms with Crippen molar-refractivity contribution < 1.29 is 4.79 Å². The monoisotopic (exact) mass is 310 g/mol. The summed E-state index contributed by atoms with van der Waals surface area (Å²) in [5.74, 6) is 0.0285. The van der Waals surface area contributed by atoms with Crippen molar-refractivity contribution in [2.24, 2.45) is 5.73 Å². The molecule has 1 saturated carbocycles. The Morgan fingerprint density at radius 3 is 2.50 bits per heavy atom. The second-order valence-corrected chi connectivity index (χ2v) is 6.99. The van der Waals surface area contributed by atoms with Crippen molar-refractivity contribution in [3.05, 3.63) is 22.4 Å². The van der Waals surface area contributed by atoms with Crippen LogP contribution in [0, 0.1) is 0 Å². The SMILES string of the molecule is NC(=S)C1(NC(=O)Cc2cccs2)CCCCCCC1. The summed E-state index contributed by atoms with van der Waals surface area (Å²) in [6.07, 6.45) is 8.00. The Labute approximate surface area is 129 Å². The van der Waals surface area contributed by atoms with Gasteiger partial charge in [-0.1, -0.05) is 50.4 Å². The Morgan fingerprint density at radius 1 is 1.30 bits per heavy atom. The van der Waals surface area contributed by atoms with Crippen LogP contribution in [0.5, 0.6) is 0 Å². The maximum Gasteiger partial charge on any atom is 0.226 e. The number of thiophene rings is 1. The lowest BCUT2D eigenvalue weighted by molar-refractivity contribution is -0.121. The summed E-state index contributed by atoms with van der Waals surface area (Å²) in [4.78, 5) is 13.8. The third-order valence-electron chi connectivity index (χ3n) is 3.97. The molecule has 3 nitrogen and oxygen atoms in total. The predicted molar refractivity (Wildman–Crippen MR) is 88.0 cm³/mol. The molecule has 1 aromatic heterocycles. The number of hydrogen-bond donors (Lipinski definition) is 2. The highest BCUT2D eigenvalue weighted by Crippen LogP contribution is 2.27. The van der Waals surface area contributed by atoms with Crippen LogP contribution in [-0.2, 0) is 11.2 Å². The molecule has 0 atom stereocenters. The molecule has 1 aliphatic rings. The molecule has 1 amide bonds. The highest BCUT2D eigenvalue weighted by Gasteiger charge is 2.34. The molecule has 0 radical (unpaired) electrons. The van der Waals surface area contributed by atoms with Crippen molar-refractivity contribution in [1.82, 2.24) is 5.32 Å². The molecule has 0 saturated heterocycles. The topological polar surface area (TPSA) is 55.1 Å². The number of nitrogens with one attached hydrogen (secondary N) is 1. The van der Waals surface area contributed by atoms with Gasteiger partial charge in [-0.2, -0.15) is 0 Å². The Balaban J connectivity index is 2.03. The van der Waals surface area contributed by atoms with Gasteiger partial charge >= 0.3 is 0 Å². The zero-order chi connectivity index (χ0) is 14.4. The molecule has 0 unspecified atom stereocenters. The minimum Gasteiger partial charge on any atom is -0.391 e. The summed E-state index contributed by atoms with van der Waals surface area (Å²) >= 11 is 6.87. The van der Waals surface area contributed by atoms with Crippen molar-refractivity contribution in [2.75, 3.05) is 0 Å². The van der Waals surface area contributed by atoms with Crippen LogP contribution in [0.2, 0.25) is 0 Å². The molecule has 0 bridgehead atoms. The molecule has 5 heteroatoms. The Bertz CT molecular complexity index is 448. The molecular formula is C15H22N2OS2. The number of thiocarbonyl (C=S) groups is 1. The lowest BCUT2D eigenvalue weighted by Crippen LogP contribution is -2.57. The molecule has 1 aliphatic carbocycles. The quantitative estimate of drug-likeness (QED) is 0.840. The van der Waals surface area contributed by atoms with Crippen molar-refractivity contribution in [2.45, 2.75) is 56.9 Å². The average molecular weight is 310 g/mol. The number of rotatable bonds is 4. The number of amides is 1. The molecule has 2 rings (SSSR count). The van der Waals surface area contributed by atoms with Gasteiger partial charge in [-0.05, 0) is 24.3 Å². The third kappa shape index (κ3) is 4.03. The molecule has 0 aromatic carbocycles. The number of carbonyl (C=O) groups is 1. The van der Waals surface area contributed by atoms with E-state index >= 15 is 0 Å². The minimum atomic E-state index is -0.468. The average Bonchev–Trinajstić information content (AvgIpc) is 2.85. The molecule has 1 fully saturated rings. The first-order valence-electron chi connectivity index (χ1n) is 7.26. The second-order valence-electron chi connectivity index (χ2n) is 5.52. The summed E-state index contributed by atoms with van der Waals surface area (Å²) < 4.78 is 0. The Hall–Kier alpha value is -0.940. The van der Waals surface area contributed by atoms with Gasteiger partial charge in [0.2, 0.25) is 5.91 Å². The first-order chi connectivity index (χ1) is 9.62. The van der Waals surface area contributed by atoms with Crippen LogP contribution in [0.15, 0.2) is 17.5 Å². The number of carbonyl (C=O) groups excluding carboxylic acids is 1. The van der Waals surface area contributed by atoms with Crippen molar-refractivity contribution in [3.63, 3.8) is 0 Å². The normalized spacial score (nSPS) is 18.8. The Morgan fingerprint density at radius 2 is 1.95 bits per heavy atom. The van der Waals surface area contributed by atoms with Crippen LogP contribution in [0.3, 0.4) is 0 Å². The molecule has 1 heterocycles. The molecule has 1 aromatic rings. The van der Waals surface area contributed by atoms with Crippen molar-refractivity contribution in [1.29, 1.82) is 0 Å². The highest BCUT2D eigenvalue weighted by molar-refractivity contribution is 7.80. The van der Waals surface area contributed by atoms with E-state index in [0.717, 1.165) is 30.6 Å². The predicted octanol–water partition coefficient (Wildman–Crippen LogP) is 3.18. The van der Waals surface area contributed by atoms with Gasteiger partial charge in [-0.3, -0.25) is 4.79 Å². The van der Waals surface area contributed by atoms with E-state index in [1.165, 1.54) is 19.3 Å². The van der Waals surface area contributed by atoms with Crippen LogP contribution in [0.25, 0.3) is 0 Å². The van der Waals surface area contributed by atoms with E-state index in [4.69, 9.17) is 18.0 Å².